The fourth-order valence-electron chi connectivity index (χ4n) is 1.86. The predicted molar refractivity (Wildman–Crippen MR) is 79.6 cm³/mol. The number of rotatable bonds is 3. The topological polar surface area (TPSA) is 57.2 Å². The molecule has 0 saturated heterocycles. The number of nitrogens with zero attached hydrogens (tertiary/aromatic N) is 1. The zero-order chi connectivity index (χ0) is 14.9. The summed E-state index contributed by atoms with van der Waals surface area (Å²) in [7, 11) is 1.40. The number of hydrogen-bond donors (Lipinski definition) is 1. The minimum absolute atomic E-state index is 0.172. The lowest BCUT2D eigenvalue weighted by Gasteiger charge is -2.11. The number of methoxy groups -OCH3 is 1. The molecule has 2 aromatic rings. The second kappa shape index (κ2) is 5.66. The van der Waals surface area contributed by atoms with Crippen LogP contribution in [0.25, 0.3) is 0 Å². The number of nitrogen functional groups attached to an aromatic ring is 1. The van der Waals surface area contributed by atoms with Crippen molar-refractivity contribution >= 4 is 21.6 Å². The van der Waals surface area contributed by atoms with Gasteiger partial charge in [-0.05, 0) is 46.1 Å². The Balaban J connectivity index is 2.40. The summed E-state index contributed by atoms with van der Waals surface area (Å²) in [4.78, 5) is 12.1. The van der Waals surface area contributed by atoms with Crippen LogP contribution in [0.3, 0.4) is 0 Å². The number of anilines is 1. The number of halogens is 2. The molecule has 0 unspecified atom stereocenters. The van der Waals surface area contributed by atoms with Crippen molar-refractivity contribution in [3.8, 4) is 5.75 Å². The molecule has 0 aliphatic rings. The first-order chi connectivity index (χ1) is 9.43. The summed E-state index contributed by atoms with van der Waals surface area (Å²) in [6.07, 6.45) is 1.56. The van der Waals surface area contributed by atoms with Gasteiger partial charge in [0.05, 0.1) is 23.8 Å². The van der Waals surface area contributed by atoms with Crippen LogP contribution in [0, 0.1) is 12.7 Å². The average Bonchev–Trinajstić information content (AvgIpc) is 2.42. The van der Waals surface area contributed by atoms with Crippen molar-refractivity contribution in [2.75, 3.05) is 12.8 Å². The van der Waals surface area contributed by atoms with Crippen LogP contribution in [-0.4, -0.2) is 11.7 Å². The largest absolute Gasteiger partial charge is 0.494 e. The predicted octanol–water partition coefficient (Wildman–Crippen LogP) is 2.70. The van der Waals surface area contributed by atoms with Crippen molar-refractivity contribution in [3.05, 3.63) is 56.2 Å². The Labute approximate surface area is 124 Å². The van der Waals surface area contributed by atoms with Crippen molar-refractivity contribution < 1.29 is 9.13 Å². The molecule has 1 aromatic carbocycles. The fraction of sp³-hybridized carbons (Fsp3) is 0.214. The van der Waals surface area contributed by atoms with Crippen molar-refractivity contribution in [1.29, 1.82) is 0 Å². The average molecular weight is 341 g/mol. The highest BCUT2D eigenvalue weighted by atomic mass is 79.9. The number of benzene rings is 1. The monoisotopic (exact) mass is 340 g/mol. The van der Waals surface area contributed by atoms with Crippen LogP contribution in [0.2, 0.25) is 0 Å². The molecule has 2 rings (SSSR count). The van der Waals surface area contributed by atoms with E-state index < -0.39 is 5.82 Å². The molecule has 0 aliphatic heterocycles. The Morgan fingerprint density at radius 2 is 2.15 bits per heavy atom. The molecular weight excluding hydrogens is 327 g/mol. The molecule has 0 amide bonds. The maximum atomic E-state index is 13.6. The van der Waals surface area contributed by atoms with Gasteiger partial charge in [0.2, 0.25) is 0 Å². The van der Waals surface area contributed by atoms with Crippen LogP contribution < -0.4 is 16.0 Å². The Hall–Kier alpha value is -1.82. The van der Waals surface area contributed by atoms with Crippen LogP contribution >= 0.6 is 15.9 Å². The van der Waals surface area contributed by atoms with E-state index in [-0.39, 0.29) is 17.9 Å². The molecule has 0 aliphatic carbocycles. The lowest BCUT2D eigenvalue weighted by molar-refractivity contribution is 0.386. The van der Waals surface area contributed by atoms with Crippen molar-refractivity contribution in [1.82, 2.24) is 4.57 Å². The molecule has 0 saturated carbocycles. The van der Waals surface area contributed by atoms with Gasteiger partial charge in [0.25, 0.3) is 5.56 Å². The molecule has 0 atom stereocenters. The maximum absolute atomic E-state index is 13.6. The zero-order valence-corrected chi connectivity index (χ0v) is 12.7. The lowest BCUT2D eigenvalue weighted by atomic mass is 10.2. The van der Waals surface area contributed by atoms with Gasteiger partial charge in [0.1, 0.15) is 0 Å². The van der Waals surface area contributed by atoms with Gasteiger partial charge in [-0.25, -0.2) is 4.39 Å². The van der Waals surface area contributed by atoms with E-state index in [0.29, 0.717) is 21.3 Å². The Bertz CT molecular complexity index is 713. The molecule has 0 radical (unpaired) electrons. The van der Waals surface area contributed by atoms with Crippen molar-refractivity contribution in [2.45, 2.75) is 13.5 Å². The molecule has 106 valence electrons. The fourth-order valence-corrected chi connectivity index (χ4v) is 2.32. The SMILES string of the molecule is COc1ccc(Cn2cc(N)c(C)c(Br)c2=O)cc1F. The highest BCUT2D eigenvalue weighted by Gasteiger charge is 2.10. The van der Waals surface area contributed by atoms with Gasteiger partial charge in [-0.3, -0.25) is 4.79 Å². The highest BCUT2D eigenvalue weighted by Crippen LogP contribution is 2.20. The van der Waals surface area contributed by atoms with Gasteiger partial charge in [-0.2, -0.15) is 0 Å². The summed E-state index contributed by atoms with van der Waals surface area (Å²) in [5, 5.41) is 0. The first kappa shape index (κ1) is 14.6. The standard InChI is InChI=1S/C14H14BrFN2O2/c1-8-11(17)7-18(14(19)13(8)15)6-9-3-4-12(20-2)10(16)5-9/h3-5,7H,6,17H2,1-2H3. The van der Waals surface area contributed by atoms with E-state index in [4.69, 9.17) is 10.5 Å². The van der Waals surface area contributed by atoms with Crippen LogP contribution in [0.4, 0.5) is 10.1 Å². The summed E-state index contributed by atoms with van der Waals surface area (Å²) in [5.41, 5.74) is 7.49. The Kier molecular flexibility index (Phi) is 4.13. The van der Waals surface area contributed by atoms with Gasteiger partial charge in [-0.1, -0.05) is 6.07 Å². The van der Waals surface area contributed by atoms with E-state index in [1.54, 1.807) is 19.2 Å². The molecule has 6 heteroatoms. The molecule has 0 fully saturated rings. The van der Waals surface area contributed by atoms with E-state index in [0.717, 1.165) is 0 Å². The van der Waals surface area contributed by atoms with Crippen LogP contribution in [0.15, 0.2) is 33.7 Å². The lowest BCUT2D eigenvalue weighted by Crippen LogP contribution is -2.22. The first-order valence-electron chi connectivity index (χ1n) is 5.91. The first-order valence-corrected chi connectivity index (χ1v) is 6.70. The zero-order valence-electron chi connectivity index (χ0n) is 11.1. The molecule has 20 heavy (non-hydrogen) atoms. The number of pyridine rings is 1. The molecule has 4 nitrogen and oxygen atoms in total. The minimum Gasteiger partial charge on any atom is -0.494 e. The number of aromatic nitrogens is 1. The third kappa shape index (κ3) is 2.70. The summed E-state index contributed by atoms with van der Waals surface area (Å²) < 4.78 is 20.3. The number of hydrogen-bond acceptors (Lipinski definition) is 3. The molecule has 0 bridgehead atoms. The molecular formula is C14H14BrFN2O2. The van der Waals surface area contributed by atoms with Gasteiger partial charge in [0.15, 0.2) is 11.6 Å². The van der Waals surface area contributed by atoms with Gasteiger partial charge < -0.3 is 15.0 Å². The van der Waals surface area contributed by atoms with Gasteiger partial charge >= 0.3 is 0 Å². The molecule has 2 N–H and O–H groups in total. The van der Waals surface area contributed by atoms with E-state index in [1.165, 1.54) is 23.8 Å². The van der Waals surface area contributed by atoms with Gasteiger partial charge in [0, 0.05) is 6.20 Å². The molecule has 0 spiro atoms. The summed E-state index contributed by atoms with van der Waals surface area (Å²) in [6.45, 7) is 2.00. The number of ether oxygens (including phenoxy) is 1. The normalized spacial score (nSPS) is 10.6. The highest BCUT2D eigenvalue weighted by molar-refractivity contribution is 9.10. The van der Waals surface area contributed by atoms with Crippen LogP contribution in [0.1, 0.15) is 11.1 Å². The van der Waals surface area contributed by atoms with Crippen LogP contribution in [0.5, 0.6) is 5.75 Å². The maximum Gasteiger partial charge on any atom is 0.265 e. The third-order valence-electron chi connectivity index (χ3n) is 3.07. The summed E-state index contributed by atoms with van der Waals surface area (Å²) in [6, 6.07) is 4.58. The van der Waals surface area contributed by atoms with E-state index >= 15 is 0 Å². The second-order valence-electron chi connectivity index (χ2n) is 4.43. The van der Waals surface area contributed by atoms with Crippen molar-refractivity contribution in [2.24, 2.45) is 0 Å². The number of nitrogens with two attached hydrogens (primary N) is 1. The van der Waals surface area contributed by atoms with Gasteiger partial charge in [-0.15, -0.1) is 0 Å². The van der Waals surface area contributed by atoms with Crippen molar-refractivity contribution in [3.63, 3.8) is 0 Å². The summed E-state index contributed by atoms with van der Waals surface area (Å²) >= 11 is 3.22. The summed E-state index contributed by atoms with van der Waals surface area (Å²) in [5.74, 6) is -0.289. The third-order valence-corrected chi connectivity index (χ3v) is 4.01. The van der Waals surface area contributed by atoms with Crippen LogP contribution in [-0.2, 0) is 6.54 Å². The quantitative estimate of drug-likeness (QED) is 0.934. The van der Waals surface area contributed by atoms with E-state index in [2.05, 4.69) is 15.9 Å². The molecule has 1 heterocycles. The van der Waals surface area contributed by atoms with E-state index in [1.807, 2.05) is 0 Å². The Morgan fingerprint density at radius 3 is 2.75 bits per heavy atom. The smallest absolute Gasteiger partial charge is 0.265 e. The van der Waals surface area contributed by atoms with E-state index in [9.17, 15) is 9.18 Å². The second-order valence-corrected chi connectivity index (χ2v) is 5.22. The Morgan fingerprint density at radius 1 is 1.45 bits per heavy atom. The molecule has 1 aromatic heterocycles. The minimum atomic E-state index is -0.461.